The fraction of sp³-hybridized carbons (Fsp3) is 0.300. The smallest absolute Gasteiger partial charge is 0.497 e. The first kappa shape index (κ1) is 29.0. The Kier molecular flexibility index (Phi) is 9.34. The highest BCUT2D eigenvalue weighted by molar-refractivity contribution is 6.02. The third kappa shape index (κ3) is 8.24. The lowest BCUT2D eigenvalue weighted by atomic mass is 9.84. The molecular formula is C30H31F3N2O5. The van der Waals surface area contributed by atoms with Gasteiger partial charge in [0.25, 0.3) is 0 Å². The van der Waals surface area contributed by atoms with Gasteiger partial charge in [0.05, 0.1) is 12.7 Å². The number of amides is 1. The first-order valence-electron chi connectivity index (χ1n) is 12.8. The molecule has 7 nitrogen and oxygen atoms in total. The van der Waals surface area contributed by atoms with Gasteiger partial charge in [0, 0.05) is 55.2 Å². The molecule has 0 atom stereocenters. The summed E-state index contributed by atoms with van der Waals surface area (Å²) >= 11 is 0. The van der Waals surface area contributed by atoms with Crippen LogP contribution in [0.5, 0.6) is 17.2 Å². The molecule has 10 heteroatoms. The van der Waals surface area contributed by atoms with Crippen molar-refractivity contribution < 1.29 is 37.3 Å². The van der Waals surface area contributed by atoms with Gasteiger partial charge in [-0.3, -0.25) is 9.69 Å². The normalized spacial score (nSPS) is 15.5. The predicted octanol–water partition coefficient (Wildman–Crippen LogP) is 5.61. The number of anilines is 1. The van der Waals surface area contributed by atoms with E-state index in [1.165, 1.54) is 31.4 Å². The van der Waals surface area contributed by atoms with E-state index in [4.69, 9.17) is 9.47 Å². The Bertz CT molecular complexity index is 1310. The number of halogens is 3. The summed E-state index contributed by atoms with van der Waals surface area (Å²) in [5, 5.41) is 13.7. The summed E-state index contributed by atoms with van der Waals surface area (Å²) in [6, 6.07) is 20.2. The van der Waals surface area contributed by atoms with Crippen LogP contribution in [0.15, 0.2) is 78.9 Å². The van der Waals surface area contributed by atoms with Crippen LogP contribution in [-0.2, 0) is 10.4 Å². The standard InChI is InChI=1S/C30H31F3N2O5/c1-38-25-19-24(34-28(36)12-11-22-7-5-6-10-27(22)40-30(31,32)33)20-26(21-25)39-18-17-35-15-13-29(37,14-16-35)23-8-3-2-4-9-23/h2-12,19-21,37H,13-18H2,1H3,(H,34,36)/b12-11+. The van der Waals surface area contributed by atoms with Gasteiger partial charge in [0.15, 0.2) is 0 Å². The topological polar surface area (TPSA) is 80.3 Å². The predicted molar refractivity (Wildman–Crippen MR) is 145 cm³/mol. The van der Waals surface area contributed by atoms with Crippen LogP contribution in [-0.4, -0.2) is 55.6 Å². The molecule has 0 unspecified atom stereocenters. The van der Waals surface area contributed by atoms with E-state index in [-0.39, 0.29) is 5.56 Å². The van der Waals surface area contributed by atoms with E-state index in [9.17, 15) is 23.1 Å². The Morgan fingerprint density at radius 1 is 1.02 bits per heavy atom. The van der Waals surface area contributed by atoms with E-state index in [2.05, 4.69) is 15.0 Å². The number of para-hydroxylation sites is 1. The number of benzene rings is 3. The summed E-state index contributed by atoms with van der Waals surface area (Å²) in [5.74, 6) is -0.0123. The molecule has 40 heavy (non-hydrogen) atoms. The minimum absolute atomic E-state index is 0.101. The summed E-state index contributed by atoms with van der Waals surface area (Å²) in [5.41, 5.74) is 0.616. The molecule has 1 fully saturated rings. The molecule has 0 aliphatic carbocycles. The van der Waals surface area contributed by atoms with Gasteiger partial charge < -0.3 is 24.6 Å². The number of carbonyl (C=O) groups is 1. The molecule has 1 aliphatic rings. The number of rotatable bonds is 10. The van der Waals surface area contributed by atoms with E-state index in [0.29, 0.717) is 43.2 Å². The maximum Gasteiger partial charge on any atom is 0.573 e. The lowest BCUT2D eigenvalue weighted by molar-refractivity contribution is -0.274. The Morgan fingerprint density at radius 3 is 2.40 bits per heavy atom. The van der Waals surface area contributed by atoms with Crippen molar-refractivity contribution in [2.75, 3.05) is 38.7 Å². The van der Waals surface area contributed by atoms with E-state index < -0.39 is 23.6 Å². The van der Waals surface area contributed by atoms with Gasteiger partial charge >= 0.3 is 6.36 Å². The molecular weight excluding hydrogens is 525 g/mol. The van der Waals surface area contributed by atoms with Crippen LogP contribution in [0.1, 0.15) is 24.0 Å². The fourth-order valence-electron chi connectivity index (χ4n) is 4.51. The second-order valence-corrected chi connectivity index (χ2v) is 9.39. The molecule has 1 aliphatic heterocycles. The molecule has 0 spiro atoms. The average molecular weight is 557 g/mol. The Hall–Kier alpha value is -4.02. The molecule has 212 valence electrons. The number of hydrogen-bond acceptors (Lipinski definition) is 6. The maximum absolute atomic E-state index is 12.6. The number of nitrogens with one attached hydrogen (secondary N) is 1. The number of hydrogen-bond donors (Lipinski definition) is 2. The number of methoxy groups -OCH3 is 1. The molecule has 1 heterocycles. The van der Waals surface area contributed by atoms with E-state index in [0.717, 1.165) is 24.7 Å². The van der Waals surface area contributed by atoms with Gasteiger partial charge in [-0.25, -0.2) is 0 Å². The zero-order valence-corrected chi connectivity index (χ0v) is 22.0. The number of piperidine rings is 1. The molecule has 3 aromatic rings. The van der Waals surface area contributed by atoms with Gasteiger partial charge in [0.2, 0.25) is 5.91 Å². The van der Waals surface area contributed by atoms with Crippen LogP contribution < -0.4 is 19.5 Å². The van der Waals surface area contributed by atoms with Crippen molar-refractivity contribution in [3.63, 3.8) is 0 Å². The first-order chi connectivity index (χ1) is 19.1. The second kappa shape index (κ2) is 12.9. The maximum atomic E-state index is 12.6. The van der Waals surface area contributed by atoms with Crippen molar-refractivity contribution >= 4 is 17.7 Å². The van der Waals surface area contributed by atoms with Crippen LogP contribution in [0.25, 0.3) is 6.08 Å². The molecule has 0 aromatic heterocycles. The number of carbonyl (C=O) groups excluding carboxylic acids is 1. The highest BCUT2D eigenvalue weighted by Crippen LogP contribution is 2.33. The highest BCUT2D eigenvalue weighted by Gasteiger charge is 2.34. The largest absolute Gasteiger partial charge is 0.573 e. The van der Waals surface area contributed by atoms with Crippen molar-refractivity contribution in [1.82, 2.24) is 4.90 Å². The number of likely N-dealkylation sites (tertiary alicyclic amines) is 1. The average Bonchev–Trinajstić information content (AvgIpc) is 2.93. The molecule has 1 amide bonds. The summed E-state index contributed by atoms with van der Waals surface area (Å²) < 4.78 is 53.2. The van der Waals surface area contributed by atoms with Crippen molar-refractivity contribution in [2.45, 2.75) is 24.8 Å². The number of ether oxygens (including phenoxy) is 3. The SMILES string of the molecule is COc1cc(NC(=O)/C=C/c2ccccc2OC(F)(F)F)cc(OCCN2CCC(O)(c3ccccc3)CC2)c1. The van der Waals surface area contributed by atoms with Gasteiger partial charge in [-0.05, 0) is 30.5 Å². The van der Waals surface area contributed by atoms with E-state index in [1.54, 1.807) is 24.3 Å². The third-order valence-electron chi connectivity index (χ3n) is 6.61. The van der Waals surface area contributed by atoms with Crippen molar-refractivity contribution in [3.8, 4) is 17.2 Å². The fourth-order valence-corrected chi connectivity index (χ4v) is 4.51. The molecule has 2 N–H and O–H groups in total. The Balaban J connectivity index is 1.31. The molecule has 0 radical (unpaired) electrons. The zero-order valence-electron chi connectivity index (χ0n) is 22.0. The summed E-state index contributed by atoms with van der Waals surface area (Å²) in [6.07, 6.45) is -1.22. The molecule has 4 rings (SSSR count). The molecule has 3 aromatic carbocycles. The number of alkyl halides is 3. The van der Waals surface area contributed by atoms with Gasteiger partial charge in [-0.2, -0.15) is 0 Å². The zero-order chi connectivity index (χ0) is 28.6. The van der Waals surface area contributed by atoms with Crippen LogP contribution >= 0.6 is 0 Å². The molecule has 1 saturated heterocycles. The molecule has 0 saturated carbocycles. The Labute approximate surface area is 230 Å². The number of aliphatic hydroxyl groups is 1. The number of nitrogens with zero attached hydrogens (tertiary/aromatic N) is 1. The van der Waals surface area contributed by atoms with Crippen molar-refractivity contribution in [3.05, 3.63) is 90.0 Å². The summed E-state index contributed by atoms with van der Waals surface area (Å²) in [7, 11) is 1.49. The Morgan fingerprint density at radius 2 is 1.70 bits per heavy atom. The first-order valence-corrected chi connectivity index (χ1v) is 12.8. The van der Waals surface area contributed by atoms with E-state index in [1.807, 2.05) is 30.3 Å². The van der Waals surface area contributed by atoms with Crippen LogP contribution in [0.3, 0.4) is 0 Å². The van der Waals surface area contributed by atoms with Crippen molar-refractivity contribution in [2.24, 2.45) is 0 Å². The molecule has 0 bridgehead atoms. The lowest BCUT2D eigenvalue weighted by Crippen LogP contribution is -2.43. The monoisotopic (exact) mass is 556 g/mol. The van der Waals surface area contributed by atoms with Crippen LogP contribution in [0.4, 0.5) is 18.9 Å². The highest BCUT2D eigenvalue weighted by atomic mass is 19.4. The quantitative estimate of drug-likeness (QED) is 0.316. The third-order valence-corrected chi connectivity index (χ3v) is 6.61. The summed E-state index contributed by atoms with van der Waals surface area (Å²) in [6.45, 7) is 2.52. The minimum Gasteiger partial charge on any atom is -0.497 e. The lowest BCUT2D eigenvalue weighted by Gasteiger charge is -2.38. The minimum atomic E-state index is -4.84. The van der Waals surface area contributed by atoms with Crippen LogP contribution in [0, 0.1) is 0 Å². The van der Waals surface area contributed by atoms with Gasteiger partial charge in [-0.15, -0.1) is 13.2 Å². The summed E-state index contributed by atoms with van der Waals surface area (Å²) in [4.78, 5) is 14.7. The van der Waals surface area contributed by atoms with Gasteiger partial charge in [0.1, 0.15) is 23.9 Å². The van der Waals surface area contributed by atoms with Crippen molar-refractivity contribution in [1.29, 1.82) is 0 Å². The van der Waals surface area contributed by atoms with Gasteiger partial charge in [-0.1, -0.05) is 48.5 Å². The van der Waals surface area contributed by atoms with Crippen LogP contribution in [0.2, 0.25) is 0 Å². The second-order valence-electron chi connectivity index (χ2n) is 9.39. The van der Waals surface area contributed by atoms with E-state index >= 15 is 0 Å².